The average Bonchev–Trinajstić information content (AvgIpc) is 2.85. The van der Waals surface area contributed by atoms with Gasteiger partial charge in [0, 0.05) is 23.9 Å². The Morgan fingerprint density at radius 1 is 1.36 bits per heavy atom. The molecule has 25 heavy (non-hydrogen) atoms. The molecule has 1 fully saturated rings. The molecule has 1 aliphatic carbocycles. The molecule has 4 nitrogen and oxygen atoms in total. The fourth-order valence-corrected chi connectivity index (χ4v) is 3.87. The molecule has 1 saturated carbocycles. The lowest BCUT2D eigenvalue weighted by Gasteiger charge is -2.23. The molecule has 0 radical (unpaired) electrons. The van der Waals surface area contributed by atoms with Gasteiger partial charge in [0.05, 0.1) is 10.2 Å². The van der Waals surface area contributed by atoms with E-state index in [2.05, 4.69) is 15.3 Å². The number of allylic oxidation sites excluding steroid dienone is 3. The number of aliphatic imine (C=N–C) groups is 1. The highest BCUT2D eigenvalue weighted by Crippen LogP contribution is 2.32. The zero-order valence-corrected chi connectivity index (χ0v) is 14.6. The first kappa shape index (κ1) is 16.1. The molecule has 1 amide bonds. The van der Waals surface area contributed by atoms with Gasteiger partial charge in [-0.15, -0.1) is 0 Å². The van der Waals surface area contributed by atoms with Gasteiger partial charge in [-0.25, -0.2) is 9.37 Å². The Kier molecular flexibility index (Phi) is 4.21. The molecule has 1 N–H and O–H groups in total. The topological polar surface area (TPSA) is 54.4 Å². The van der Waals surface area contributed by atoms with E-state index in [1.165, 1.54) is 23.6 Å². The molecule has 1 aromatic heterocycles. The molecule has 0 spiro atoms. The SMILES string of the molecule is CC1=C(c2ccc3nc(NC(=O)C4CCC4)sc3c2)C=NC=CC1F. The van der Waals surface area contributed by atoms with E-state index >= 15 is 0 Å². The largest absolute Gasteiger partial charge is 0.302 e. The minimum absolute atomic E-state index is 0.0614. The second-order valence-corrected chi connectivity index (χ2v) is 7.47. The summed E-state index contributed by atoms with van der Waals surface area (Å²) in [6, 6.07) is 5.80. The van der Waals surface area contributed by atoms with Crippen LogP contribution in [0.3, 0.4) is 0 Å². The third-order valence-electron chi connectivity index (χ3n) is 4.79. The van der Waals surface area contributed by atoms with Gasteiger partial charge in [0.2, 0.25) is 5.91 Å². The van der Waals surface area contributed by atoms with Crippen LogP contribution in [0.4, 0.5) is 9.52 Å². The summed E-state index contributed by atoms with van der Waals surface area (Å²) in [5.74, 6) is 0.192. The molecule has 2 aliphatic rings. The van der Waals surface area contributed by atoms with Crippen molar-refractivity contribution >= 4 is 44.4 Å². The summed E-state index contributed by atoms with van der Waals surface area (Å²) in [6.45, 7) is 1.78. The average molecular weight is 355 g/mol. The maximum Gasteiger partial charge on any atom is 0.229 e. The number of nitrogens with one attached hydrogen (secondary N) is 1. The summed E-state index contributed by atoms with van der Waals surface area (Å²) >= 11 is 1.44. The van der Waals surface area contributed by atoms with Crippen LogP contribution in [0.2, 0.25) is 0 Å². The van der Waals surface area contributed by atoms with Crippen LogP contribution in [0.1, 0.15) is 31.7 Å². The van der Waals surface area contributed by atoms with Gasteiger partial charge in [0.15, 0.2) is 5.13 Å². The number of thiazole rings is 1. The van der Waals surface area contributed by atoms with Crippen molar-refractivity contribution in [1.82, 2.24) is 4.98 Å². The minimum Gasteiger partial charge on any atom is -0.302 e. The number of hydrogen-bond acceptors (Lipinski definition) is 4. The summed E-state index contributed by atoms with van der Waals surface area (Å²) in [5.41, 5.74) is 3.16. The molecule has 6 heteroatoms. The van der Waals surface area contributed by atoms with Gasteiger partial charge in [-0.2, -0.15) is 0 Å². The second kappa shape index (κ2) is 6.52. The molecule has 2 heterocycles. The first-order valence-corrected chi connectivity index (χ1v) is 9.20. The van der Waals surface area contributed by atoms with Crippen molar-refractivity contribution in [2.75, 3.05) is 5.32 Å². The standard InChI is InChI=1S/C19H18FN3OS/c1-11-14(10-21-8-7-15(11)20)13-5-6-16-17(9-13)25-19(22-16)23-18(24)12-3-2-4-12/h5-10,12,15H,2-4H2,1H3,(H,22,23,24). The van der Waals surface area contributed by atoms with Crippen LogP contribution >= 0.6 is 11.3 Å². The van der Waals surface area contributed by atoms with Gasteiger partial charge >= 0.3 is 0 Å². The van der Waals surface area contributed by atoms with Gasteiger partial charge in [-0.05, 0) is 49.1 Å². The molecule has 1 atom stereocenters. The van der Waals surface area contributed by atoms with Gasteiger partial charge in [-0.3, -0.25) is 9.79 Å². The number of carbonyl (C=O) groups is 1. The minimum atomic E-state index is -1.13. The summed E-state index contributed by atoms with van der Waals surface area (Å²) < 4.78 is 15.0. The number of carbonyl (C=O) groups excluding carboxylic acids is 1. The van der Waals surface area contributed by atoms with Crippen LogP contribution in [-0.2, 0) is 4.79 Å². The molecular weight excluding hydrogens is 337 g/mol. The Morgan fingerprint density at radius 2 is 2.20 bits per heavy atom. The van der Waals surface area contributed by atoms with Crippen LogP contribution in [-0.4, -0.2) is 23.3 Å². The Hall–Kier alpha value is -2.34. The van der Waals surface area contributed by atoms with Crippen molar-refractivity contribution in [3.05, 3.63) is 41.6 Å². The lowest BCUT2D eigenvalue weighted by Crippen LogP contribution is -2.27. The summed E-state index contributed by atoms with van der Waals surface area (Å²) in [7, 11) is 0. The molecule has 1 aliphatic heterocycles. The Balaban J connectivity index is 1.64. The molecule has 0 saturated heterocycles. The maximum absolute atomic E-state index is 14.1. The van der Waals surface area contributed by atoms with E-state index in [1.54, 1.807) is 13.1 Å². The van der Waals surface area contributed by atoms with Gasteiger partial charge in [0.1, 0.15) is 6.17 Å². The number of fused-ring (bicyclic) bond motifs is 1. The highest BCUT2D eigenvalue weighted by Gasteiger charge is 2.26. The molecule has 128 valence electrons. The quantitative estimate of drug-likeness (QED) is 0.864. The molecule has 1 aromatic carbocycles. The fraction of sp³-hybridized carbons (Fsp3) is 0.316. The number of nitrogens with zero attached hydrogens (tertiary/aromatic N) is 2. The number of halogens is 1. The number of amides is 1. The monoisotopic (exact) mass is 355 g/mol. The number of aromatic nitrogens is 1. The second-order valence-electron chi connectivity index (χ2n) is 6.44. The van der Waals surface area contributed by atoms with E-state index in [1.807, 2.05) is 18.2 Å². The number of anilines is 1. The van der Waals surface area contributed by atoms with Gasteiger partial charge < -0.3 is 5.32 Å². The van der Waals surface area contributed by atoms with E-state index < -0.39 is 6.17 Å². The predicted octanol–water partition coefficient (Wildman–Crippen LogP) is 4.74. The third-order valence-corrected chi connectivity index (χ3v) is 5.72. The van der Waals surface area contributed by atoms with Crippen molar-refractivity contribution in [1.29, 1.82) is 0 Å². The highest BCUT2D eigenvalue weighted by atomic mass is 32.1. The summed E-state index contributed by atoms with van der Waals surface area (Å²) in [6.07, 6.45) is 6.54. The normalized spacial score (nSPS) is 20.6. The third kappa shape index (κ3) is 3.14. The van der Waals surface area contributed by atoms with E-state index in [4.69, 9.17) is 0 Å². The van der Waals surface area contributed by atoms with Crippen molar-refractivity contribution in [2.24, 2.45) is 10.9 Å². The smallest absolute Gasteiger partial charge is 0.229 e. The van der Waals surface area contributed by atoms with Crippen LogP contribution in [0.25, 0.3) is 15.8 Å². The van der Waals surface area contributed by atoms with Crippen LogP contribution < -0.4 is 5.32 Å². The zero-order valence-electron chi connectivity index (χ0n) is 13.8. The molecular formula is C19H18FN3OS. The van der Waals surface area contributed by atoms with Crippen molar-refractivity contribution in [3.8, 4) is 0 Å². The highest BCUT2D eigenvalue weighted by molar-refractivity contribution is 7.22. The van der Waals surface area contributed by atoms with Crippen molar-refractivity contribution in [3.63, 3.8) is 0 Å². The Bertz CT molecular complexity index is 924. The summed E-state index contributed by atoms with van der Waals surface area (Å²) in [5, 5.41) is 3.54. The van der Waals surface area contributed by atoms with E-state index in [0.717, 1.165) is 40.6 Å². The van der Waals surface area contributed by atoms with Crippen LogP contribution in [0, 0.1) is 5.92 Å². The number of rotatable bonds is 3. The number of alkyl halides is 1. The van der Waals surface area contributed by atoms with E-state index in [-0.39, 0.29) is 11.8 Å². The van der Waals surface area contributed by atoms with Crippen molar-refractivity contribution in [2.45, 2.75) is 32.4 Å². The number of benzene rings is 1. The van der Waals surface area contributed by atoms with E-state index in [0.29, 0.717) is 10.7 Å². The Labute approximate surface area is 149 Å². The lowest BCUT2D eigenvalue weighted by molar-refractivity contribution is -0.122. The molecule has 4 rings (SSSR count). The molecule has 1 unspecified atom stereocenters. The predicted molar refractivity (Wildman–Crippen MR) is 101 cm³/mol. The fourth-order valence-electron chi connectivity index (χ4n) is 2.96. The lowest BCUT2D eigenvalue weighted by atomic mass is 9.85. The van der Waals surface area contributed by atoms with Gasteiger partial charge in [0.25, 0.3) is 0 Å². The van der Waals surface area contributed by atoms with Crippen LogP contribution in [0.15, 0.2) is 41.0 Å². The first-order valence-electron chi connectivity index (χ1n) is 8.38. The molecule has 0 bridgehead atoms. The summed E-state index contributed by atoms with van der Waals surface area (Å²) in [4.78, 5) is 20.7. The Morgan fingerprint density at radius 3 is 2.96 bits per heavy atom. The number of hydrogen-bond donors (Lipinski definition) is 1. The zero-order chi connectivity index (χ0) is 17.4. The maximum atomic E-state index is 14.1. The van der Waals surface area contributed by atoms with Crippen LogP contribution in [0.5, 0.6) is 0 Å². The molecule has 2 aromatic rings. The first-order chi connectivity index (χ1) is 12.1. The van der Waals surface area contributed by atoms with E-state index in [9.17, 15) is 9.18 Å². The van der Waals surface area contributed by atoms with Crippen molar-refractivity contribution < 1.29 is 9.18 Å². The van der Waals surface area contributed by atoms with Gasteiger partial charge in [-0.1, -0.05) is 23.8 Å².